The Balaban J connectivity index is 1.53. The number of rotatable bonds is 4. The number of anilines is 2. The van der Waals surface area contributed by atoms with Crippen molar-refractivity contribution in [2.75, 3.05) is 42.7 Å². The van der Waals surface area contributed by atoms with Gasteiger partial charge in [-0.1, -0.05) is 0 Å². The van der Waals surface area contributed by atoms with Crippen LogP contribution < -0.4 is 10.2 Å². The number of sulfonamides is 1. The van der Waals surface area contributed by atoms with E-state index in [0.29, 0.717) is 25.9 Å². The first-order valence-corrected chi connectivity index (χ1v) is 10.4. The van der Waals surface area contributed by atoms with Gasteiger partial charge >= 0.3 is 0 Å². The molecular weight excluding hydrogens is 326 g/mol. The fourth-order valence-corrected chi connectivity index (χ4v) is 4.30. The van der Waals surface area contributed by atoms with Crippen molar-refractivity contribution in [2.24, 2.45) is 5.92 Å². The molecule has 6 nitrogen and oxygen atoms in total. The molecule has 1 aromatic rings. The van der Waals surface area contributed by atoms with Crippen molar-refractivity contribution < 1.29 is 13.2 Å². The lowest BCUT2D eigenvalue weighted by atomic mass is 9.97. The van der Waals surface area contributed by atoms with E-state index in [1.165, 1.54) is 29.1 Å². The summed E-state index contributed by atoms with van der Waals surface area (Å²) in [5, 5.41) is 2.96. The van der Waals surface area contributed by atoms with Gasteiger partial charge in [-0.3, -0.25) is 4.79 Å². The van der Waals surface area contributed by atoms with Crippen LogP contribution in [0, 0.1) is 5.92 Å². The zero-order chi connectivity index (χ0) is 17.2. The van der Waals surface area contributed by atoms with Crippen molar-refractivity contribution >= 4 is 27.3 Å². The Labute approximate surface area is 143 Å². The number of nitrogens with one attached hydrogen (secondary N) is 1. The number of benzene rings is 1. The lowest BCUT2D eigenvalue weighted by Gasteiger charge is -2.29. The molecule has 2 fully saturated rings. The molecule has 7 heteroatoms. The molecule has 2 aliphatic heterocycles. The second-order valence-corrected chi connectivity index (χ2v) is 8.65. The first kappa shape index (κ1) is 17.2. The summed E-state index contributed by atoms with van der Waals surface area (Å²) in [6, 6.07) is 7.98. The molecule has 0 aliphatic carbocycles. The van der Waals surface area contributed by atoms with Crippen LogP contribution in [0.5, 0.6) is 0 Å². The minimum absolute atomic E-state index is 0.0166. The van der Waals surface area contributed by atoms with Crippen molar-refractivity contribution in [3.63, 3.8) is 0 Å². The third kappa shape index (κ3) is 4.08. The Morgan fingerprint density at radius 3 is 2.17 bits per heavy atom. The Morgan fingerprint density at radius 1 is 1.04 bits per heavy atom. The highest BCUT2D eigenvalue weighted by molar-refractivity contribution is 7.88. The van der Waals surface area contributed by atoms with E-state index in [-0.39, 0.29) is 11.8 Å². The van der Waals surface area contributed by atoms with Gasteiger partial charge < -0.3 is 10.2 Å². The first-order chi connectivity index (χ1) is 11.4. The van der Waals surface area contributed by atoms with Crippen molar-refractivity contribution in [3.05, 3.63) is 24.3 Å². The van der Waals surface area contributed by atoms with E-state index in [9.17, 15) is 13.2 Å². The van der Waals surface area contributed by atoms with Gasteiger partial charge in [-0.25, -0.2) is 12.7 Å². The number of piperidine rings is 1. The Hall–Kier alpha value is -1.60. The van der Waals surface area contributed by atoms with E-state index in [1.54, 1.807) is 0 Å². The van der Waals surface area contributed by atoms with Gasteiger partial charge in [-0.15, -0.1) is 0 Å². The summed E-state index contributed by atoms with van der Waals surface area (Å²) in [6.45, 7) is 3.05. The summed E-state index contributed by atoms with van der Waals surface area (Å²) >= 11 is 0. The molecule has 0 spiro atoms. The second kappa shape index (κ2) is 7.11. The number of hydrogen-bond donors (Lipinski definition) is 1. The number of carbonyl (C=O) groups excluding carboxylic acids is 1. The lowest BCUT2D eigenvalue weighted by Crippen LogP contribution is -2.40. The van der Waals surface area contributed by atoms with Gasteiger partial charge in [0.05, 0.1) is 6.26 Å². The molecule has 0 bridgehead atoms. The molecule has 0 atom stereocenters. The van der Waals surface area contributed by atoms with E-state index >= 15 is 0 Å². The fourth-order valence-electron chi connectivity index (χ4n) is 3.42. The quantitative estimate of drug-likeness (QED) is 0.899. The van der Waals surface area contributed by atoms with Gasteiger partial charge in [0, 0.05) is 43.5 Å². The van der Waals surface area contributed by atoms with Crippen LogP contribution in [0.15, 0.2) is 24.3 Å². The Bertz CT molecular complexity index is 674. The molecule has 2 heterocycles. The van der Waals surface area contributed by atoms with Crippen LogP contribution in [0.2, 0.25) is 0 Å². The van der Waals surface area contributed by atoms with E-state index in [1.807, 2.05) is 24.3 Å². The summed E-state index contributed by atoms with van der Waals surface area (Å²) in [5.41, 5.74) is 2.00. The maximum atomic E-state index is 12.4. The van der Waals surface area contributed by atoms with Crippen LogP contribution in [0.25, 0.3) is 0 Å². The molecule has 0 saturated carbocycles. The highest BCUT2D eigenvalue weighted by Crippen LogP contribution is 2.24. The third-order valence-corrected chi connectivity index (χ3v) is 6.20. The predicted octanol–water partition coefficient (Wildman–Crippen LogP) is 1.90. The molecule has 1 amide bonds. The van der Waals surface area contributed by atoms with Crippen LogP contribution in [-0.2, 0) is 14.8 Å². The molecule has 0 unspecified atom stereocenters. The molecule has 0 radical (unpaired) electrons. The average Bonchev–Trinajstić information content (AvgIpc) is 3.09. The molecule has 1 N–H and O–H groups in total. The summed E-state index contributed by atoms with van der Waals surface area (Å²) in [7, 11) is -3.15. The van der Waals surface area contributed by atoms with Crippen LogP contribution in [0.1, 0.15) is 25.7 Å². The molecule has 2 aliphatic rings. The van der Waals surface area contributed by atoms with E-state index in [2.05, 4.69) is 10.2 Å². The smallest absolute Gasteiger partial charge is 0.227 e. The first-order valence-electron chi connectivity index (χ1n) is 8.54. The normalized spacial score (nSPS) is 20.3. The minimum atomic E-state index is -3.15. The standard InChI is InChI=1S/C17H25N3O3S/c1-24(22,23)20-12-8-14(9-13-20)17(21)18-15-4-6-16(7-5-15)19-10-2-3-11-19/h4-7,14H,2-3,8-13H2,1H3,(H,18,21). The number of nitrogens with zero attached hydrogens (tertiary/aromatic N) is 2. The van der Waals surface area contributed by atoms with Gasteiger partial charge in [0.15, 0.2) is 0 Å². The molecule has 3 rings (SSSR count). The summed E-state index contributed by atoms with van der Waals surface area (Å²) in [5.74, 6) is -0.140. The van der Waals surface area contributed by atoms with Crippen LogP contribution in [0.4, 0.5) is 11.4 Å². The van der Waals surface area contributed by atoms with E-state index in [4.69, 9.17) is 0 Å². The zero-order valence-electron chi connectivity index (χ0n) is 14.1. The van der Waals surface area contributed by atoms with Crippen molar-refractivity contribution in [1.82, 2.24) is 4.31 Å². The van der Waals surface area contributed by atoms with Gasteiger partial charge in [0.25, 0.3) is 0 Å². The van der Waals surface area contributed by atoms with Gasteiger partial charge in [-0.2, -0.15) is 0 Å². The molecule has 132 valence electrons. The fraction of sp³-hybridized carbons (Fsp3) is 0.588. The molecule has 2 saturated heterocycles. The highest BCUT2D eigenvalue weighted by Gasteiger charge is 2.28. The molecule has 1 aromatic carbocycles. The van der Waals surface area contributed by atoms with E-state index in [0.717, 1.165) is 18.8 Å². The van der Waals surface area contributed by atoms with Crippen molar-refractivity contribution in [3.8, 4) is 0 Å². The maximum absolute atomic E-state index is 12.4. The SMILES string of the molecule is CS(=O)(=O)N1CCC(C(=O)Nc2ccc(N3CCCC3)cc2)CC1. The molecule has 0 aromatic heterocycles. The maximum Gasteiger partial charge on any atom is 0.227 e. The number of carbonyl (C=O) groups is 1. The Morgan fingerprint density at radius 2 is 1.62 bits per heavy atom. The summed E-state index contributed by atoms with van der Waals surface area (Å²) in [6.07, 6.45) is 4.85. The Kier molecular flexibility index (Phi) is 5.10. The van der Waals surface area contributed by atoms with Gasteiger partial charge in [0.2, 0.25) is 15.9 Å². The second-order valence-electron chi connectivity index (χ2n) is 6.67. The predicted molar refractivity (Wildman–Crippen MR) is 95.7 cm³/mol. The third-order valence-electron chi connectivity index (χ3n) is 4.90. The van der Waals surface area contributed by atoms with Crippen LogP contribution in [0.3, 0.4) is 0 Å². The summed E-state index contributed by atoms with van der Waals surface area (Å²) < 4.78 is 24.5. The average molecular weight is 351 g/mol. The van der Waals surface area contributed by atoms with Crippen LogP contribution in [-0.4, -0.2) is 51.1 Å². The monoisotopic (exact) mass is 351 g/mol. The summed E-state index contributed by atoms with van der Waals surface area (Å²) in [4.78, 5) is 14.7. The van der Waals surface area contributed by atoms with Gasteiger partial charge in [-0.05, 0) is 49.9 Å². The molecular formula is C17H25N3O3S. The highest BCUT2D eigenvalue weighted by atomic mass is 32.2. The lowest BCUT2D eigenvalue weighted by molar-refractivity contribution is -0.120. The topological polar surface area (TPSA) is 69.7 Å². The van der Waals surface area contributed by atoms with Crippen molar-refractivity contribution in [2.45, 2.75) is 25.7 Å². The number of amides is 1. The van der Waals surface area contributed by atoms with Crippen molar-refractivity contribution in [1.29, 1.82) is 0 Å². The van der Waals surface area contributed by atoms with Crippen LogP contribution >= 0.6 is 0 Å². The zero-order valence-corrected chi connectivity index (χ0v) is 14.9. The number of hydrogen-bond acceptors (Lipinski definition) is 4. The minimum Gasteiger partial charge on any atom is -0.372 e. The largest absolute Gasteiger partial charge is 0.372 e. The van der Waals surface area contributed by atoms with Gasteiger partial charge in [0.1, 0.15) is 0 Å². The van der Waals surface area contributed by atoms with E-state index < -0.39 is 10.0 Å². The molecule has 24 heavy (non-hydrogen) atoms.